The number of allylic oxidation sites excluding steroid dienone is 4. The van der Waals surface area contributed by atoms with Crippen LogP contribution in [0.2, 0.25) is 0 Å². The molecule has 0 saturated carbocycles. The van der Waals surface area contributed by atoms with Crippen molar-refractivity contribution in [2.45, 2.75) is 13.3 Å². The number of rotatable bonds is 0. The largest absolute Gasteiger partial charge is 1.00 e. The van der Waals surface area contributed by atoms with E-state index in [2.05, 4.69) is 25.2 Å². The molecule has 0 unspecified atom stereocenters. The van der Waals surface area contributed by atoms with Gasteiger partial charge in [0.2, 0.25) is 0 Å². The Kier molecular flexibility index (Phi) is 15.8. The minimum Gasteiger partial charge on any atom is -0.270 e. The summed E-state index contributed by atoms with van der Waals surface area (Å²) in [6, 6.07) is 0. The van der Waals surface area contributed by atoms with Gasteiger partial charge in [0.05, 0.1) is 0 Å². The van der Waals surface area contributed by atoms with Crippen LogP contribution < -0.4 is 0 Å². The van der Waals surface area contributed by atoms with Crippen molar-refractivity contribution >= 4 is 24.8 Å². The molecular formula is C6H9Cl2Os. The van der Waals surface area contributed by atoms with Crippen molar-refractivity contribution in [2.24, 2.45) is 0 Å². The molecule has 0 aromatic rings. The summed E-state index contributed by atoms with van der Waals surface area (Å²) in [6.45, 7) is 2.06. The maximum Gasteiger partial charge on any atom is 1.00 e. The van der Waals surface area contributed by atoms with Crippen LogP contribution in [0.4, 0.5) is 0 Å². The van der Waals surface area contributed by atoms with E-state index in [4.69, 9.17) is 0 Å². The van der Waals surface area contributed by atoms with E-state index in [0.29, 0.717) is 0 Å². The second-order valence-electron chi connectivity index (χ2n) is 1.47. The van der Waals surface area contributed by atoms with Crippen LogP contribution in [0.5, 0.6) is 0 Å². The van der Waals surface area contributed by atoms with Crippen LogP contribution in [0.3, 0.4) is 0 Å². The normalized spacial score (nSPS) is 12.3. The van der Waals surface area contributed by atoms with E-state index < -0.39 is 0 Å². The Bertz CT molecular complexity index is 105. The summed E-state index contributed by atoms with van der Waals surface area (Å²) in [5, 5.41) is 0. The second kappa shape index (κ2) is 8.70. The fourth-order valence-electron chi connectivity index (χ4n) is 0.515. The molecule has 3 heteroatoms. The first-order valence-electron chi connectivity index (χ1n) is 2.13. The Morgan fingerprint density at radius 2 is 2.00 bits per heavy atom. The molecule has 0 fully saturated rings. The first-order chi connectivity index (χ1) is 2.89. The van der Waals surface area contributed by atoms with Crippen molar-refractivity contribution < 1.29 is 19.8 Å². The van der Waals surface area contributed by atoms with Crippen molar-refractivity contribution in [3.63, 3.8) is 0 Å². The molecule has 9 heavy (non-hydrogen) atoms. The molecule has 0 N–H and O–H groups in total. The van der Waals surface area contributed by atoms with E-state index in [1.54, 1.807) is 0 Å². The monoisotopic (exact) mass is 343 g/mol. The van der Waals surface area contributed by atoms with E-state index in [1.807, 2.05) is 0 Å². The van der Waals surface area contributed by atoms with Crippen LogP contribution in [0.15, 0.2) is 17.7 Å². The molecule has 1 rings (SSSR count). The zero-order chi connectivity index (χ0) is 4.41. The zero-order valence-corrected chi connectivity index (χ0v) is 9.21. The first kappa shape index (κ1) is 16.4. The van der Waals surface area contributed by atoms with Gasteiger partial charge in [-0.25, -0.2) is 11.6 Å². The van der Waals surface area contributed by atoms with Gasteiger partial charge < -0.3 is 0 Å². The number of halogens is 2. The maximum absolute atomic E-state index is 3.12. The van der Waals surface area contributed by atoms with Crippen LogP contribution in [-0.2, 0) is 19.8 Å². The van der Waals surface area contributed by atoms with E-state index >= 15 is 0 Å². The molecule has 0 saturated heterocycles. The van der Waals surface area contributed by atoms with Gasteiger partial charge in [-0.05, 0) is 0 Å². The smallest absolute Gasteiger partial charge is 0.270 e. The van der Waals surface area contributed by atoms with Crippen LogP contribution in [0.25, 0.3) is 0 Å². The first-order valence-corrected chi connectivity index (χ1v) is 2.13. The summed E-state index contributed by atoms with van der Waals surface area (Å²) in [4.78, 5) is 0. The van der Waals surface area contributed by atoms with Crippen LogP contribution in [0, 0.1) is 6.08 Å². The van der Waals surface area contributed by atoms with E-state index in [-0.39, 0.29) is 44.6 Å². The van der Waals surface area contributed by atoms with Crippen molar-refractivity contribution in [1.29, 1.82) is 0 Å². The summed E-state index contributed by atoms with van der Waals surface area (Å²) in [5.74, 6) is 0. The van der Waals surface area contributed by atoms with Crippen molar-refractivity contribution in [1.82, 2.24) is 0 Å². The predicted molar refractivity (Wildman–Crippen MR) is 40.7 cm³/mol. The Labute approximate surface area is 81.7 Å². The standard InChI is InChI=1S/C6H7.2ClH.Os/c1-6-4-2-3-5-6;;;/h2,4H,3H2,1H3;2*1H;/q-1;;;+1. The molecule has 1 aliphatic rings. The maximum atomic E-state index is 3.12. The third kappa shape index (κ3) is 6.58. The topological polar surface area (TPSA) is 0 Å². The summed E-state index contributed by atoms with van der Waals surface area (Å²) < 4.78 is 0. The minimum absolute atomic E-state index is 0. The molecule has 1 aliphatic carbocycles. The van der Waals surface area contributed by atoms with E-state index in [1.165, 1.54) is 5.57 Å². The molecule has 0 atom stereocenters. The molecule has 0 aromatic carbocycles. The van der Waals surface area contributed by atoms with Crippen LogP contribution in [-0.4, -0.2) is 0 Å². The molecule has 0 nitrogen and oxygen atoms in total. The fraction of sp³-hybridized carbons (Fsp3) is 0.333. The van der Waals surface area contributed by atoms with E-state index in [0.717, 1.165) is 6.42 Å². The zero-order valence-electron chi connectivity index (χ0n) is 5.03. The summed E-state index contributed by atoms with van der Waals surface area (Å²) in [5.41, 5.74) is 1.27. The SMILES string of the molecule is CC1=[C-]CC=C1.Cl.Cl.[Os+]. The third-order valence-corrected chi connectivity index (χ3v) is 0.867. The van der Waals surface area contributed by atoms with Gasteiger partial charge in [0.25, 0.3) is 0 Å². The predicted octanol–water partition coefficient (Wildman–Crippen LogP) is 2.54. The molecule has 0 spiro atoms. The van der Waals surface area contributed by atoms with Gasteiger partial charge in [-0.1, -0.05) is 6.92 Å². The Morgan fingerprint density at radius 3 is 2.11 bits per heavy atom. The van der Waals surface area contributed by atoms with Gasteiger partial charge >= 0.3 is 19.8 Å². The number of hydrogen-bond acceptors (Lipinski definition) is 0. The van der Waals surface area contributed by atoms with Gasteiger partial charge in [0, 0.05) is 0 Å². The van der Waals surface area contributed by atoms with Gasteiger partial charge in [0.15, 0.2) is 0 Å². The molecule has 0 aliphatic heterocycles. The average molecular weight is 342 g/mol. The van der Waals surface area contributed by atoms with Crippen molar-refractivity contribution in [3.05, 3.63) is 23.8 Å². The van der Waals surface area contributed by atoms with Crippen LogP contribution >= 0.6 is 24.8 Å². The molecule has 0 amide bonds. The molecule has 1 radical (unpaired) electrons. The number of hydrogen-bond donors (Lipinski definition) is 0. The van der Waals surface area contributed by atoms with Gasteiger partial charge in [0.1, 0.15) is 0 Å². The Morgan fingerprint density at radius 1 is 1.44 bits per heavy atom. The van der Waals surface area contributed by atoms with Crippen molar-refractivity contribution in [2.75, 3.05) is 0 Å². The molecule has 55 valence electrons. The Hall–Kier alpha value is 0.696. The summed E-state index contributed by atoms with van der Waals surface area (Å²) in [6.07, 6.45) is 8.33. The molecule has 0 aromatic heterocycles. The third-order valence-electron chi connectivity index (χ3n) is 0.867. The van der Waals surface area contributed by atoms with Crippen molar-refractivity contribution in [3.8, 4) is 0 Å². The van der Waals surface area contributed by atoms with Gasteiger partial charge in [-0.15, -0.1) is 31.2 Å². The molecule has 0 bridgehead atoms. The Balaban J connectivity index is -0.000000120. The summed E-state index contributed by atoms with van der Waals surface area (Å²) >= 11 is 0. The molecule has 0 heterocycles. The second-order valence-corrected chi connectivity index (χ2v) is 1.47. The van der Waals surface area contributed by atoms with Crippen LogP contribution in [0.1, 0.15) is 13.3 Å². The average Bonchev–Trinajstić information content (AvgIpc) is 1.86. The van der Waals surface area contributed by atoms with Gasteiger partial charge in [-0.2, -0.15) is 6.08 Å². The summed E-state index contributed by atoms with van der Waals surface area (Å²) in [7, 11) is 0. The fourth-order valence-corrected chi connectivity index (χ4v) is 0.515. The van der Waals surface area contributed by atoms with Gasteiger partial charge in [-0.3, -0.25) is 6.08 Å². The molecular weight excluding hydrogens is 333 g/mol. The minimum atomic E-state index is 0. The van der Waals surface area contributed by atoms with E-state index in [9.17, 15) is 0 Å². The quantitative estimate of drug-likeness (QED) is 0.594.